The smallest absolute Gasteiger partial charge is 0.223 e. The molecular formula is C16H25N3O2. The molecule has 1 aliphatic heterocycles. The van der Waals surface area contributed by atoms with Gasteiger partial charge in [-0.15, -0.1) is 0 Å². The van der Waals surface area contributed by atoms with Gasteiger partial charge in [-0.05, 0) is 25.3 Å². The molecule has 1 aromatic rings. The number of ether oxygens (including phenoxy) is 1. The van der Waals surface area contributed by atoms with E-state index in [4.69, 9.17) is 4.74 Å². The molecular weight excluding hydrogens is 266 g/mol. The molecule has 1 fully saturated rings. The van der Waals surface area contributed by atoms with Crippen LogP contribution >= 0.6 is 0 Å². The summed E-state index contributed by atoms with van der Waals surface area (Å²) >= 11 is 0. The summed E-state index contributed by atoms with van der Waals surface area (Å²) < 4.78 is 5.05. The molecule has 5 heteroatoms. The molecule has 0 N–H and O–H groups in total. The minimum atomic E-state index is 0.229. The minimum absolute atomic E-state index is 0.229. The summed E-state index contributed by atoms with van der Waals surface area (Å²) in [7, 11) is 1.66. The van der Waals surface area contributed by atoms with Gasteiger partial charge in [0.2, 0.25) is 5.91 Å². The van der Waals surface area contributed by atoms with Crippen molar-refractivity contribution in [3.63, 3.8) is 0 Å². The second kappa shape index (κ2) is 6.98. The van der Waals surface area contributed by atoms with E-state index in [0.717, 1.165) is 30.2 Å². The van der Waals surface area contributed by atoms with E-state index in [2.05, 4.69) is 23.8 Å². The molecule has 0 aromatic carbocycles. The maximum atomic E-state index is 12.0. The van der Waals surface area contributed by atoms with E-state index in [0.29, 0.717) is 31.4 Å². The number of likely N-dealkylation sites (tertiary alicyclic amines) is 1. The van der Waals surface area contributed by atoms with Gasteiger partial charge < -0.3 is 9.64 Å². The van der Waals surface area contributed by atoms with Crippen LogP contribution in [0.4, 0.5) is 0 Å². The molecule has 116 valence electrons. The number of nitrogens with zero attached hydrogens (tertiary/aromatic N) is 3. The summed E-state index contributed by atoms with van der Waals surface area (Å²) in [4.78, 5) is 23.0. The Morgan fingerprint density at radius 3 is 2.86 bits per heavy atom. The van der Waals surface area contributed by atoms with E-state index >= 15 is 0 Å². The predicted octanol–water partition coefficient (Wildman–Crippen LogP) is 1.95. The molecule has 0 radical (unpaired) electrons. The monoisotopic (exact) mass is 291 g/mol. The second-order valence-corrected chi connectivity index (χ2v) is 6.12. The van der Waals surface area contributed by atoms with Crippen molar-refractivity contribution in [3.8, 4) is 0 Å². The molecule has 21 heavy (non-hydrogen) atoms. The average Bonchev–Trinajstić information content (AvgIpc) is 2.75. The van der Waals surface area contributed by atoms with Gasteiger partial charge in [0.1, 0.15) is 5.82 Å². The number of aromatic nitrogens is 2. The van der Waals surface area contributed by atoms with Crippen molar-refractivity contribution in [1.29, 1.82) is 0 Å². The van der Waals surface area contributed by atoms with Crippen molar-refractivity contribution in [2.75, 3.05) is 26.8 Å². The van der Waals surface area contributed by atoms with Crippen LogP contribution in [0.15, 0.2) is 6.07 Å². The lowest BCUT2D eigenvalue weighted by molar-refractivity contribution is -0.128. The Balaban J connectivity index is 2.01. The fraction of sp³-hybridized carbons (Fsp3) is 0.688. The summed E-state index contributed by atoms with van der Waals surface area (Å²) in [6.07, 6.45) is 1.46. The Bertz CT molecular complexity index is 502. The van der Waals surface area contributed by atoms with Crippen LogP contribution in [0.5, 0.6) is 0 Å². The van der Waals surface area contributed by atoms with Crippen LogP contribution in [0, 0.1) is 12.8 Å². The zero-order chi connectivity index (χ0) is 15.4. The fourth-order valence-corrected chi connectivity index (χ4v) is 2.73. The van der Waals surface area contributed by atoms with Gasteiger partial charge in [0.05, 0.1) is 6.61 Å². The lowest BCUT2D eigenvalue weighted by Gasteiger charge is -2.16. The minimum Gasteiger partial charge on any atom is -0.383 e. The standard InChI is InChI=1S/C16H25N3O2/c1-11(2)16-17-12(3)7-14(18-16)8-13-9-15(20)19(10-13)5-6-21-4/h7,11,13H,5-6,8-10H2,1-4H3/t13-/m0/s1. The fourth-order valence-electron chi connectivity index (χ4n) is 2.73. The zero-order valence-electron chi connectivity index (χ0n) is 13.4. The first-order valence-corrected chi connectivity index (χ1v) is 7.60. The van der Waals surface area contributed by atoms with E-state index in [-0.39, 0.29) is 5.91 Å². The highest BCUT2D eigenvalue weighted by Crippen LogP contribution is 2.22. The lowest BCUT2D eigenvalue weighted by Crippen LogP contribution is -2.29. The quantitative estimate of drug-likeness (QED) is 0.804. The van der Waals surface area contributed by atoms with Crippen molar-refractivity contribution in [2.24, 2.45) is 5.92 Å². The number of carbonyl (C=O) groups excluding carboxylic acids is 1. The molecule has 1 aromatic heterocycles. The highest BCUT2D eigenvalue weighted by Gasteiger charge is 2.29. The molecule has 5 nitrogen and oxygen atoms in total. The first kappa shape index (κ1) is 15.9. The van der Waals surface area contributed by atoms with Crippen LogP contribution in [0.2, 0.25) is 0 Å². The number of amides is 1. The third-order valence-electron chi connectivity index (χ3n) is 3.80. The van der Waals surface area contributed by atoms with Crippen molar-refractivity contribution < 1.29 is 9.53 Å². The van der Waals surface area contributed by atoms with Gasteiger partial charge in [-0.25, -0.2) is 9.97 Å². The molecule has 0 aliphatic carbocycles. The van der Waals surface area contributed by atoms with Crippen LogP contribution < -0.4 is 0 Å². The van der Waals surface area contributed by atoms with Gasteiger partial charge in [-0.2, -0.15) is 0 Å². The molecule has 0 unspecified atom stereocenters. The first-order valence-electron chi connectivity index (χ1n) is 7.60. The number of aryl methyl sites for hydroxylation is 1. The number of hydrogen-bond donors (Lipinski definition) is 0. The first-order chi connectivity index (χ1) is 9.99. The van der Waals surface area contributed by atoms with Gasteiger partial charge in [-0.1, -0.05) is 13.8 Å². The Morgan fingerprint density at radius 1 is 1.43 bits per heavy atom. The molecule has 0 spiro atoms. The van der Waals surface area contributed by atoms with Gasteiger partial charge in [0.15, 0.2) is 0 Å². The van der Waals surface area contributed by atoms with E-state index in [1.807, 2.05) is 17.9 Å². The largest absolute Gasteiger partial charge is 0.383 e. The Morgan fingerprint density at radius 2 is 2.19 bits per heavy atom. The molecule has 1 aliphatic rings. The van der Waals surface area contributed by atoms with E-state index in [1.54, 1.807) is 7.11 Å². The molecule has 2 rings (SSSR count). The van der Waals surface area contributed by atoms with Crippen molar-refractivity contribution in [2.45, 2.75) is 39.5 Å². The molecule has 0 saturated carbocycles. The Kier molecular flexibility index (Phi) is 5.28. The van der Waals surface area contributed by atoms with Gasteiger partial charge >= 0.3 is 0 Å². The van der Waals surface area contributed by atoms with Crippen LogP contribution in [-0.4, -0.2) is 47.6 Å². The van der Waals surface area contributed by atoms with Crippen molar-refractivity contribution in [3.05, 3.63) is 23.3 Å². The summed E-state index contributed by atoms with van der Waals surface area (Å²) in [5.74, 6) is 1.80. The number of rotatable bonds is 6. The van der Waals surface area contributed by atoms with E-state index in [1.165, 1.54) is 0 Å². The second-order valence-electron chi connectivity index (χ2n) is 6.12. The molecule has 1 amide bonds. The van der Waals surface area contributed by atoms with Crippen molar-refractivity contribution >= 4 is 5.91 Å². The van der Waals surface area contributed by atoms with E-state index < -0.39 is 0 Å². The molecule has 2 heterocycles. The molecule has 1 saturated heterocycles. The summed E-state index contributed by atoms with van der Waals surface area (Å²) in [6, 6.07) is 2.04. The number of methoxy groups -OCH3 is 1. The SMILES string of the molecule is COCCN1C[C@@H](Cc2cc(C)nc(C(C)C)n2)CC1=O. The van der Waals surface area contributed by atoms with Crippen LogP contribution in [0.1, 0.15) is 43.4 Å². The lowest BCUT2D eigenvalue weighted by atomic mass is 10.0. The number of hydrogen-bond acceptors (Lipinski definition) is 4. The highest BCUT2D eigenvalue weighted by molar-refractivity contribution is 5.78. The van der Waals surface area contributed by atoms with Crippen LogP contribution in [-0.2, 0) is 16.0 Å². The molecule has 1 atom stereocenters. The Labute approximate surface area is 126 Å². The van der Waals surface area contributed by atoms with Crippen LogP contribution in [0.25, 0.3) is 0 Å². The predicted molar refractivity (Wildman–Crippen MR) is 81.1 cm³/mol. The maximum absolute atomic E-state index is 12.0. The number of carbonyl (C=O) groups is 1. The summed E-state index contributed by atoms with van der Waals surface area (Å²) in [5.41, 5.74) is 2.06. The average molecular weight is 291 g/mol. The summed E-state index contributed by atoms with van der Waals surface area (Å²) in [6.45, 7) is 8.30. The third kappa shape index (κ3) is 4.24. The van der Waals surface area contributed by atoms with Gasteiger partial charge in [0.25, 0.3) is 0 Å². The van der Waals surface area contributed by atoms with Gasteiger partial charge in [0, 0.05) is 43.9 Å². The topological polar surface area (TPSA) is 55.3 Å². The maximum Gasteiger partial charge on any atom is 0.223 e. The van der Waals surface area contributed by atoms with Crippen LogP contribution in [0.3, 0.4) is 0 Å². The van der Waals surface area contributed by atoms with E-state index in [9.17, 15) is 4.79 Å². The van der Waals surface area contributed by atoms with Gasteiger partial charge in [-0.3, -0.25) is 4.79 Å². The summed E-state index contributed by atoms with van der Waals surface area (Å²) in [5, 5.41) is 0. The van der Waals surface area contributed by atoms with Crippen molar-refractivity contribution in [1.82, 2.24) is 14.9 Å². The molecule has 0 bridgehead atoms. The Hall–Kier alpha value is -1.49. The zero-order valence-corrected chi connectivity index (χ0v) is 13.4. The third-order valence-corrected chi connectivity index (χ3v) is 3.80. The highest BCUT2D eigenvalue weighted by atomic mass is 16.5. The normalized spacial score (nSPS) is 18.8.